The van der Waals surface area contributed by atoms with Gasteiger partial charge in [-0.2, -0.15) is 0 Å². The maximum Gasteiger partial charge on any atom is 0.144 e. The third kappa shape index (κ3) is 2.29. The topological polar surface area (TPSA) is 12.0 Å². The van der Waals surface area contributed by atoms with Crippen molar-refractivity contribution in [2.24, 2.45) is 0 Å². The lowest BCUT2D eigenvalue weighted by molar-refractivity contribution is 0.443. The number of hydrogen-bond acceptors (Lipinski definition) is 1. The van der Waals surface area contributed by atoms with E-state index in [0.717, 1.165) is 32.0 Å². The Bertz CT molecular complexity index is 362. The van der Waals surface area contributed by atoms with Crippen molar-refractivity contribution in [1.29, 1.82) is 0 Å². The van der Waals surface area contributed by atoms with Crippen LogP contribution in [0.1, 0.15) is 24.3 Å². The van der Waals surface area contributed by atoms with E-state index in [1.165, 1.54) is 6.07 Å². The highest BCUT2D eigenvalue weighted by atomic mass is 35.5. The quantitative estimate of drug-likeness (QED) is 0.733. The Morgan fingerprint density at radius 1 is 1.13 bits per heavy atom. The summed E-state index contributed by atoms with van der Waals surface area (Å²) in [5.41, 5.74) is 0.544. The molecule has 1 aliphatic heterocycles. The van der Waals surface area contributed by atoms with Crippen LogP contribution in [0, 0.1) is 11.6 Å². The van der Waals surface area contributed by atoms with Gasteiger partial charge in [-0.25, -0.2) is 8.78 Å². The third-order valence-corrected chi connectivity index (χ3v) is 3.11. The number of rotatable bonds is 1. The van der Waals surface area contributed by atoms with Gasteiger partial charge in [0.25, 0.3) is 0 Å². The Hall–Kier alpha value is -0.670. The average Bonchev–Trinajstić information content (AvgIpc) is 2.25. The van der Waals surface area contributed by atoms with Gasteiger partial charge in [0, 0.05) is 6.07 Å². The molecule has 1 heterocycles. The van der Waals surface area contributed by atoms with E-state index in [2.05, 4.69) is 5.32 Å². The van der Waals surface area contributed by atoms with Gasteiger partial charge in [0.15, 0.2) is 0 Å². The first-order valence-corrected chi connectivity index (χ1v) is 5.41. The molecule has 1 aliphatic rings. The van der Waals surface area contributed by atoms with Crippen molar-refractivity contribution in [1.82, 2.24) is 5.32 Å². The van der Waals surface area contributed by atoms with Crippen molar-refractivity contribution in [3.63, 3.8) is 0 Å². The van der Waals surface area contributed by atoms with Crippen LogP contribution in [0.2, 0.25) is 5.02 Å². The predicted molar refractivity (Wildman–Crippen MR) is 56.2 cm³/mol. The fourth-order valence-corrected chi connectivity index (χ4v) is 2.16. The second-order valence-corrected chi connectivity index (χ2v) is 4.22. The van der Waals surface area contributed by atoms with E-state index < -0.39 is 11.6 Å². The van der Waals surface area contributed by atoms with E-state index in [1.807, 2.05) is 0 Å². The van der Waals surface area contributed by atoms with Crippen LogP contribution < -0.4 is 5.32 Å². The highest BCUT2D eigenvalue weighted by Gasteiger charge is 2.20. The zero-order chi connectivity index (χ0) is 10.8. The molecule has 0 radical (unpaired) electrons. The number of piperidine rings is 1. The molecule has 1 aromatic carbocycles. The van der Waals surface area contributed by atoms with Crippen LogP contribution in [0.25, 0.3) is 0 Å². The molecular weight excluding hydrogens is 220 g/mol. The first-order chi connectivity index (χ1) is 7.18. The van der Waals surface area contributed by atoms with Gasteiger partial charge in [-0.15, -0.1) is 0 Å². The predicted octanol–water partition coefficient (Wildman–Crippen LogP) is 3.09. The average molecular weight is 232 g/mol. The van der Waals surface area contributed by atoms with Gasteiger partial charge in [-0.3, -0.25) is 0 Å². The third-order valence-electron chi connectivity index (χ3n) is 2.82. The van der Waals surface area contributed by atoms with E-state index in [4.69, 9.17) is 11.6 Å². The smallest absolute Gasteiger partial charge is 0.144 e. The summed E-state index contributed by atoms with van der Waals surface area (Å²) in [5, 5.41) is 3.20. The Labute approximate surface area is 92.4 Å². The van der Waals surface area contributed by atoms with Crippen LogP contribution in [0.4, 0.5) is 8.78 Å². The standard InChI is InChI=1S/C11H12ClF2N/c12-9-5-8(10(13)6-11(9)14)7-1-3-15-4-2-7/h5-7,15H,1-4H2. The highest BCUT2D eigenvalue weighted by molar-refractivity contribution is 6.30. The summed E-state index contributed by atoms with van der Waals surface area (Å²) in [5.74, 6) is -1.01. The number of hydrogen-bond donors (Lipinski definition) is 1. The van der Waals surface area contributed by atoms with E-state index in [1.54, 1.807) is 0 Å². The molecule has 1 aromatic rings. The summed E-state index contributed by atoms with van der Waals surface area (Å²) in [6, 6.07) is 2.29. The van der Waals surface area contributed by atoms with Gasteiger partial charge in [0.2, 0.25) is 0 Å². The Morgan fingerprint density at radius 2 is 1.80 bits per heavy atom. The molecule has 1 nitrogen and oxygen atoms in total. The summed E-state index contributed by atoms with van der Waals surface area (Å²) in [7, 11) is 0. The number of benzene rings is 1. The molecule has 1 N–H and O–H groups in total. The molecule has 2 rings (SSSR count). The molecule has 0 spiro atoms. The molecule has 0 saturated carbocycles. The number of nitrogens with one attached hydrogen (secondary N) is 1. The lowest BCUT2D eigenvalue weighted by Crippen LogP contribution is -2.27. The van der Waals surface area contributed by atoms with Crippen molar-refractivity contribution < 1.29 is 8.78 Å². The maximum absolute atomic E-state index is 13.5. The maximum atomic E-state index is 13.5. The SMILES string of the molecule is Fc1cc(F)c(C2CCNCC2)cc1Cl. The summed E-state index contributed by atoms with van der Waals surface area (Å²) < 4.78 is 26.4. The molecule has 82 valence electrons. The first kappa shape index (κ1) is 10.8. The second kappa shape index (κ2) is 4.45. The van der Waals surface area contributed by atoms with E-state index in [-0.39, 0.29) is 10.9 Å². The molecule has 1 fully saturated rings. The van der Waals surface area contributed by atoms with Crippen LogP contribution in [-0.4, -0.2) is 13.1 Å². The van der Waals surface area contributed by atoms with Crippen molar-refractivity contribution in [2.45, 2.75) is 18.8 Å². The molecule has 0 aliphatic carbocycles. The minimum atomic E-state index is -0.688. The second-order valence-electron chi connectivity index (χ2n) is 3.81. The monoisotopic (exact) mass is 231 g/mol. The summed E-state index contributed by atoms with van der Waals surface area (Å²) in [6.45, 7) is 1.75. The molecule has 0 atom stereocenters. The molecule has 0 aromatic heterocycles. The Balaban J connectivity index is 2.30. The molecule has 0 amide bonds. The molecular formula is C11H12ClF2N. The van der Waals surface area contributed by atoms with Gasteiger partial charge in [0.05, 0.1) is 5.02 Å². The minimum Gasteiger partial charge on any atom is -0.317 e. The van der Waals surface area contributed by atoms with Gasteiger partial charge >= 0.3 is 0 Å². The van der Waals surface area contributed by atoms with E-state index in [0.29, 0.717) is 5.56 Å². The van der Waals surface area contributed by atoms with E-state index in [9.17, 15) is 8.78 Å². The largest absolute Gasteiger partial charge is 0.317 e. The van der Waals surface area contributed by atoms with E-state index >= 15 is 0 Å². The van der Waals surface area contributed by atoms with Crippen molar-refractivity contribution in [2.75, 3.05) is 13.1 Å². The Kier molecular flexibility index (Phi) is 3.22. The number of halogens is 3. The van der Waals surface area contributed by atoms with Crippen molar-refractivity contribution >= 4 is 11.6 Å². The highest BCUT2D eigenvalue weighted by Crippen LogP contribution is 2.30. The van der Waals surface area contributed by atoms with Crippen LogP contribution in [0.15, 0.2) is 12.1 Å². The molecule has 1 saturated heterocycles. The zero-order valence-corrected chi connectivity index (χ0v) is 8.95. The molecule has 15 heavy (non-hydrogen) atoms. The lowest BCUT2D eigenvalue weighted by atomic mass is 9.90. The van der Waals surface area contributed by atoms with Crippen LogP contribution in [0.3, 0.4) is 0 Å². The summed E-state index contributed by atoms with van der Waals surface area (Å²) in [4.78, 5) is 0. The fraction of sp³-hybridized carbons (Fsp3) is 0.455. The lowest BCUT2D eigenvalue weighted by Gasteiger charge is -2.23. The molecule has 4 heteroatoms. The minimum absolute atomic E-state index is 0.00457. The molecule has 0 unspecified atom stereocenters. The van der Waals surface area contributed by atoms with Crippen molar-refractivity contribution in [3.8, 4) is 0 Å². The Morgan fingerprint density at radius 3 is 2.47 bits per heavy atom. The van der Waals surface area contributed by atoms with Crippen molar-refractivity contribution in [3.05, 3.63) is 34.4 Å². The summed E-state index contributed by atoms with van der Waals surface area (Å²) in [6.07, 6.45) is 1.75. The van der Waals surface area contributed by atoms with Gasteiger partial charge in [0.1, 0.15) is 11.6 Å². The van der Waals surface area contributed by atoms with Gasteiger partial charge < -0.3 is 5.32 Å². The fourth-order valence-electron chi connectivity index (χ4n) is 1.98. The van der Waals surface area contributed by atoms with Crippen LogP contribution in [0.5, 0.6) is 0 Å². The molecule has 0 bridgehead atoms. The first-order valence-electron chi connectivity index (χ1n) is 5.03. The van der Waals surface area contributed by atoms with Gasteiger partial charge in [-0.1, -0.05) is 11.6 Å². The normalized spacial score (nSPS) is 18.1. The van der Waals surface area contributed by atoms with Gasteiger partial charge in [-0.05, 0) is 43.5 Å². The summed E-state index contributed by atoms with van der Waals surface area (Å²) >= 11 is 5.65. The zero-order valence-electron chi connectivity index (χ0n) is 8.19. The van der Waals surface area contributed by atoms with Crippen LogP contribution in [-0.2, 0) is 0 Å². The van der Waals surface area contributed by atoms with Crippen LogP contribution >= 0.6 is 11.6 Å².